The van der Waals surface area contributed by atoms with Crippen molar-refractivity contribution in [2.45, 2.75) is 57.9 Å². The van der Waals surface area contributed by atoms with E-state index in [0.29, 0.717) is 11.7 Å². The summed E-state index contributed by atoms with van der Waals surface area (Å²) < 4.78 is 1.77. The Labute approximate surface area is 165 Å². The molecule has 0 aliphatic heterocycles. The van der Waals surface area contributed by atoms with Crippen molar-refractivity contribution in [2.24, 2.45) is 0 Å². The fourth-order valence-electron chi connectivity index (χ4n) is 4.20. The highest BCUT2D eigenvalue weighted by Crippen LogP contribution is 2.25. The van der Waals surface area contributed by atoms with Gasteiger partial charge in [-0.1, -0.05) is 49.5 Å². The van der Waals surface area contributed by atoms with Crippen LogP contribution in [0, 0.1) is 6.92 Å². The molecule has 6 heteroatoms. The van der Waals surface area contributed by atoms with Gasteiger partial charge in [0, 0.05) is 36.3 Å². The van der Waals surface area contributed by atoms with Gasteiger partial charge in [-0.25, -0.2) is 4.68 Å². The van der Waals surface area contributed by atoms with Gasteiger partial charge in [0.2, 0.25) is 0 Å². The molecule has 2 aromatic heterocycles. The van der Waals surface area contributed by atoms with Gasteiger partial charge in [0.15, 0.2) is 5.69 Å². The Balaban J connectivity index is 1.63. The van der Waals surface area contributed by atoms with Crippen molar-refractivity contribution in [3.8, 4) is 5.69 Å². The lowest BCUT2D eigenvalue weighted by Gasteiger charge is -2.29. The summed E-state index contributed by atoms with van der Waals surface area (Å²) in [4.78, 5) is 19.2. The summed E-state index contributed by atoms with van der Waals surface area (Å²) in [5.41, 5.74) is 2.13. The van der Waals surface area contributed by atoms with Crippen LogP contribution < -0.4 is 0 Å². The van der Waals surface area contributed by atoms with Gasteiger partial charge < -0.3 is 4.90 Å². The first-order valence-corrected chi connectivity index (χ1v) is 10.2. The number of rotatable bonds is 3. The number of hydrogen-bond donors (Lipinski definition) is 0. The van der Waals surface area contributed by atoms with Crippen LogP contribution in [0.4, 0.5) is 0 Å². The normalized spacial score (nSPS) is 15.9. The number of pyridine rings is 1. The van der Waals surface area contributed by atoms with Crippen LogP contribution >= 0.6 is 0 Å². The van der Waals surface area contributed by atoms with Crippen molar-refractivity contribution in [1.29, 1.82) is 0 Å². The van der Waals surface area contributed by atoms with Crippen molar-refractivity contribution in [3.63, 3.8) is 0 Å². The van der Waals surface area contributed by atoms with Crippen LogP contribution in [0.15, 0.2) is 36.7 Å². The lowest BCUT2D eigenvalue weighted by Crippen LogP contribution is -2.38. The number of carbonyl (C=O) groups is 1. The Hall–Kier alpha value is -2.76. The van der Waals surface area contributed by atoms with Gasteiger partial charge in [0.05, 0.1) is 11.4 Å². The molecule has 4 rings (SSSR count). The van der Waals surface area contributed by atoms with Crippen molar-refractivity contribution in [3.05, 3.63) is 48.0 Å². The highest BCUT2D eigenvalue weighted by atomic mass is 16.2. The van der Waals surface area contributed by atoms with E-state index in [1.165, 1.54) is 32.1 Å². The van der Waals surface area contributed by atoms with Crippen LogP contribution in [-0.2, 0) is 0 Å². The van der Waals surface area contributed by atoms with Gasteiger partial charge in [-0.3, -0.25) is 9.78 Å². The van der Waals surface area contributed by atoms with Crippen molar-refractivity contribution >= 4 is 16.7 Å². The predicted molar refractivity (Wildman–Crippen MR) is 110 cm³/mol. The molecule has 0 N–H and O–H groups in total. The lowest BCUT2D eigenvalue weighted by molar-refractivity contribution is 0.0700. The van der Waals surface area contributed by atoms with Crippen LogP contribution in [0.5, 0.6) is 0 Å². The largest absolute Gasteiger partial charge is 0.337 e. The zero-order chi connectivity index (χ0) is 19.5. The lowest BCUT2D eigenvalue weighted by atomic mass is 9.95. The van der Waals surface area contributed by atoms with Crippen LogP contribution in [0.1, 0.15) is 61.1 Å². The fourth-order valence-corrected chi connectivity index (χ4v) is 4.20. The van der Waals surface area contributed by atoms with E-state index in [4.69, 9.17) is 0 Å². The third-order valence-electron chi connectivity index (χ3n) is 5.93. The molecule has 1 aliphatic rings. The van der Waals surface area contributed by atoms with Crippen LogP contribution in [0.3, 0.4) is 0 Å². The first-order chi connectivity index (χ1) is 13.7. The number of carbonyl (C=O) groups excluding carboxylic acids is 1. The number of benzene rings is 1. The topological polar surface area (TPSA) is 63.9 Å². The maximum atomic E-state index is 13.2. The van der Waals surface area contributed by atoms with E-state index in [-0.39, 0.29) is 5.91 Å². The predicted octanol–water partition coefficient (Wildman–Crippen LogP) is 4.31. The summed E-state index contributed by atoms with van der Waals surface area (Å²) in [7, 11) is 1.91. The molecule has 3 aromatic rings. The Bertz CT molecular complexity index is 967. The van der Waals surface area contributed by atoms with Crippen molar-refractivity contribution < 1.29 is 4.79 Å². The van der Waals surface area contributed by atoms with Crippen LogP contribution in [0.2, 0.25) is 0 Å². The standard InChI is InChI=1S/C22H27N5O/c1-16-21(22(28)26(2)18-10-6-4-3-5-7-11-18)24-25-27(16)20-12-8-9-17-15-23-14-13-19(17)20/h8-9,12-15,18H,3-7,10-11H2,1-2H3. The zero-order valence-corrected chi connectivity index (χ0v) is 16.6. The van der Waals surface area contributed by atoms with Crippen LogP contribution in [-0.4, -0.2) is 43.9 Å². The van der Waals surface area contributed by atoms with E-state index in [1.54, 1.807) is 10.9 Å². The second kappa shape index (κ2) is 8.09. The van der Waals surface area contributed by atoms with Crippen molar-refractivity contribution in [1.82, 2.24) is 24.9 Å². The molecule has 1 aromatic carbocycles. The molecule has 0 bridgehead atoms. The van der Waals surface area contributed by atoms with Gasteiger partial charge in [0.25, 0.3) is 5.91 Å². The van der Waals surface area contributed by atoms with Gasteiger partial charge in [-0.15, -0.1) is 5.10 Å². The van der Waals surface area contributed by atoms with Gasteiger partial charge in [-0.2, -0.15) is 0 Å². The molecule has 2 heterocycles. The van der Waals surface area contributed by atoms with Crippen LogP contribution in [0.25, 0.3) is 16.5 Å². The molecule has 0 atom stereocenters. The third kappa shape index (κ3) is 3.51. The molecule has 6 nitrogen and oxygen atoms in total. The summed E-state index contributed by atoms with van der Waals surface area (Å²) in [5, 5.41) is 10.7. The minimum atomic E-state index is -0.0313. The van der Waals surface area contributed by atoms with Crippen molar-refractivity contribution in [2.75, 3.05) is 7.05 Å². The molecule has 1 aliphatic carbocycles. The van der Waals surface area contributed by atoms with E-state index in [0.717, 1.165) is 35.0 Å². The van der Waals surface area contributed by atoms with E-state index in [2.05, 4.69) is 15.3 Å². The Morgan fingerprint density at radius 2 is 1.86 bits per heavy atom. The monoisotopic (exact) mass is 377 g/mol. The first kappa shape index (κ1) is 18.6. The Morgan fingerprint density at radius 1 is 1.11 bits per heavy atom. The van der Waals surface area contributed by atoms with E-state index in [9.17, 15) is 4.79 Å². The summed E-state index contributed by atoms with van der Waals surface area (Å²) in [6, 6.07) is 8.25. The Morgan fingerprint density at radius 3 is 2.64 bits per heavy atom. The molecule has 0 spiro atoms. The summed E-state index contributed by atoms with van der Waals surface area (Å²) in [6.45, 7) is 1.92. The second-order valence-electron chi connectivity index (χ2n) is 7.72. The molecular formula is C22H27N5O. The zero-order valence-electron chi connectivity index (χ0n) is 16.6. The molecule has 0 saturated heterocycles. The van der Waals surface area contributed by atoms with Gasteiger partial charge in [0.1, 0.15) is 0 Å². The van der Waals surface area contributed by atoms with Gasteiger partial charge >= 0.3 is 0 Å². The highest BCUT2D eigenvalue weighted by molar-refractivity contribution is 5.94. The molecular weight excluding hydrogens is 350 g/mol. The van der Waals surface area contributed by atoms with E-state index < -0.39 is 0 Å². The fraction of sp³-hybridized carbons (Fsp3) is 0.455. The maximum absolute atomic E-state index is 13.2. The molecule has 1 fully saturated rings. The Kier molecular flexibility index (Phi) is 5.37. The smallest absolute Gasteiger partial charge is 0.276 e. The minimum absolute atomic E-state index is 0.0313. The summed E-state index contributed by atoms with van der Waals surface area (Å²) >= 11 is 0. The average Bonchev–Trinajstić information content (AvgIpc) is 3.07. The number of nitrogens with zero attached hydrogens (tertiary/aromatic N) is 5. The molecule has 1 saturated carbocycles. The molecule has 0 unspecified atom stereocenters. The molecule has 28 heavy (non-hydrogen) atoms. The van der Waals surface area contributed by atoms with E-state index in [1.807, 2.05) is 49.3 Å². The highest BCUT2D eigenvalue weighted by Gasteiger charge is 2.26. The summed E-state index contributed by atoms with van der Waals surface area (Å²) in [5.74, 6) is -0.0313. The number of hydrogen-bond acceptors (Lipinski definition) is 4. The van der Waals surface area contributed by atoms with Gasteiger partial charge in [-0.05, 0) is 31.9 Å². The molecule has 1 amide bonds. The number of fused-ring (bicyclic) bond motifs is 1. The average molecular weight is 377 g/mol. The SMILES string of the molecule is Cc1c(C(=O)N(C)C2CCCCCCC2)nnn1-c1cccc2cnccc12. The second-order valence-corrected chi connectivity index (χ2v) is 7.72. The first-order valence-electron chi connectivity index (χ1n) is 10.2. The summed E-state index contributed by atoms with van der Waals surface area (Å²) in [6.07, 6.45) is 12.0. The number of amides is 1. The molecule has 146 valence electrons. The maximum Gasteiger partial charge on any atom is 0.276 e. The third-order valence-corrected chi connectivity index (χ3v) is 5.93. The molecule has 0 radical (unpaired) electrons. The minimum Gasteiger partial charge on any atom is -0.337 e. The van der Waals surface area contributed by atoms with E-state index >= 15 is 0 Å². The quantitative estimate of drug-likeness (QED) is 0.682. The number of aromatic nitrogens is 4.